The van der Waals surface area contributed by atoms with Crippen molar-refractivity contribution in [2.24, 2.45) is 0 Å². The zero-order chi connectivity index (χ0) is 84.6. The molecule has 0 aliphatic heterocycles. The zero-order valence-corrected chi connectivity index (χ0v) is 86.5. The van der Waals surface area contributed by atoms with Gasteiger partial charge in [-0.05, 0) is 248 Å². The smallest absolute Gasteiger partial charge is 0.0536 e. The summed E-state index contributed by atoms with van der Waals surface area (Å²) in [7, 11) is 0. The van der Waals surface area contributed by atoms with Crippen LogP contribution in [0, 0.1) is 0 Å². The van der Waals surface area contributed by atoms with Crippen LogP contribution in [0.25, 0.3) is 141 Å². The van der Waals surface area contributed by atoms with Crippen LogP contribution in [0.1, 0.15) is 300 Å². The van der Waals surface area contributed by atoms with Crippen LogP contribution in [0.3, 0.4) is 0 Å². The molecule has 15 aromatic rings. The van der Waals surface area contributed by atoms with E-state index in [0.29, 0.717) is 0 Å². The summed E-state index contributed by atoms with van der Waals surface area (Å²) in [6, 6.07) is 58.0. The molecule has 0 saturated carbocycles. The van der Waals surface area contributed by atoms with Gasteiger partial charge in [0.15, 0.2) is 0 Å². The highest BCUT2D eigenvalue weighted by Crippen LogP contribution is 2.60. The molecule has 0 N–H and O–H groups in total. The molecule has 0 aliphatic rings. The Balaban J connectivity index is 0.916. The molecule has 123 heavy (non-hydrogen) atoms. The molecule has 0 nitrogen and oxygen atoms in total. The van der Waals surface area contributed by atoms with E-state index in [-0.39, 0.29) is 0 Å². The maximum absolute atomic E-state index is 2.68. The van der Waals surface area contributed by atoms with Crippen molar-refractivity contribution in [3.8, 4) is 141 Å². The van der Waals surface area contributed by atoms with E-state index in [2.05, 4.69) is 359 Å². The monoisotopic (exact) mass is 1900 g/mol. The van der Waals surface area contributed by atoms with E-state index < -0.39 is 0 Å². The summed E-state index contributed by atoms with van der Waals surface area (Å²) in [5, 5.41) is 2.43. The Morgan fingerprint density at radius 2 is 0.325 bits per heavy atom. The number of hydrogen-bond donors (Lipinski definition) is 0. The lowest BCUT2D eigenvalue weighted by atomic mass is 10.1. The van der Waals surface area contributed by atoms with Crippen molar-refractivity contribution in [2.45, 2.75) is 312 Å². The van der Waals surface area contributed by atoms with Crippen molar-refractivity contribution in [3.63, 3.8) is 0 Å². The van der Waals surface area contributed by atoms with E-state index in [9.17, 15) is 0 Å². The molecule has 15 heteroatoms. The molecule has 650 valence electrons. The Bertz CT molecular complexity index is 4730. The lowest BCUT2D eigenvalue weighted by Gasteiger charge is -2.00. The van der Waals surface area contributed by atoms with E-state index in [1.807, 2.05) is 11.3 Å². The van der Waals surface area contributed by atoms with Crippen molar-refractivity contribution < 1.29 is 0 Å². The SMILES string of the molecule is CCCCCCc1ccc(-c2cc(-c3cc(-c4ccsc4-c4cc(-c5cc(-c6ccc(CCCCCC)s6)c(-c6ccc(CCCCCC)s6)s5)c(-c5cc(-c6ccc(CCCCCC)s6)c(-c6ccc(CCCCCC)s6)s5)s4)sc3-c3cc(-c4ccc(CCCCCC)s4)c(-c4ccc(CCCCCC)s4)s3)sc2-c2ccc(CCCCCC)s2)s1. The van der Waals surface area contributed by atoms with E-state index in [0.717, 1.165) is 51.4 Å². The standard InChI is InChI=1S/C108H128S15/c1-9-17-25-33-41-73-49-57-88(110-73)82-67-97(119-103(82)92-61-53-77(114-92)45-37-29-21-13-5)86-69-96(118-107(86)100-70-84(90-59-51-75(112-90)43-35-27-19-11-3)105(122-100)94-63-55-79(116-94)47-39-31-23-15-7)81-65-66-109-102(81)99-72-87(98-68-83(89-58-50-74(111-89)42-34-26-18-10-2)104(120-98)93-62-54-78(115-93)46-38-30-22-14-6)108(121-99)101-71-85(91-60-52-76(113-91)44-36-28-20-12-4)106(123-101)95-64-56-80(117-95)48-40-32-24-16-8/h49-72H,9-48H2,1-8H3. The van der Waals surface area contributed by atoms with Gasteiger partial charge in [-0.1, -0.05) is 209 Å². The normalized spacial score (nSPS) is 11.9. The van der Waals surface area contributed by atoms with Crippen LogP contribution >= 0.6 is 170 Å². The highest BCUT2D eigenvalue weighted by Gasteiger charge is 2.30. The minimum atomic E-state index is 1.16. The van der Waals surface area contributed by atoms with E-state index in [4.69, 9.17) is 0 Å². The highest BCUT2D eigenvalue weighted by atomic mass is 32.2. The minimum absolute atomic E-state index is 1.16. The van der Waals surface area contributed by atoms with Gasteiger partial charge in [-0.25, -0.2) is 0 Å². The van der Waals surface area contributed by atoms with Gasteiger partial charge in [0.1, 0.15) is 0 Å². The van der Waals surface area contributed by atoms with E-state index >= 15 is 0 Å². The number of unbranched alkanes of at least 4 members (excludes halogenated alkanes) is 24. The van der Waals surface area contributed by atoms with Crippen LogP contribution in [0.2, 0.25) is 0 Å². The average Bonchev–Trinajstić information content (AvgIpc) is 1.58. The van der Waals surface area contributed by atoms with Crippen molar-refractivity contribution in [1.29, 1.82) is 0 Å². The molecule has 0 amide bonds. The summed E-state index contributed by atoms with van der Waals surface area (Å²) in [5.74, 6) is 0. The van der Waals surface area contributed by atoms with Gasteiger partial charge < -0.3 is 0 Å². The van der Waals surface area contributed by atoms with Gasteiger partial charge in [0.05, 0.1) is 34.1 Å². The summed E-state index contributed by atoms with van der Waals surface area (Å²) in [6.45, 7) is 18.7. The number of thiophene rings is 15. The average molecular weight is 1910 g/mol. The van der Waals surface area contributed by atoms with Crippen LogP contribution in [0.15, 0.2) is 145 Å². The van der Waals surface area contributed by atoms with Gasteiger partial charge in [0, 0.05) is 146 Å². The van der Waals surface area contributed by atoms with Crippen molar-refractivity contribution in [2.75, 3.05) is 0 Å². The van der Waals surface area contributed by atoms with Gasteiger partial charge in [-0.15, -0.1) is 170 Å². The second kappa shape index (κ2) is 47.9. The molecule has 0 saturated heterocycles. The first-order chi connectivity index (χ1) is 60.6. The molecule has 0 atom stereocenters. The van der Waals surface area contributed by atoms with Crippen LogP contribution < -0.4 is 0 Å². The summed E-state index contributed by atoms with van der Waals surface area (Å²) < 4.78 is 0. The molecule has 0 aliphatic carbocycles. The molecule has 0 fully saturated rings. The molecule has 15 rings (SSSR count). The predicted molar refractivity (Wildman–Crippen MR) is 573 cm³/mol. The number of hydrogen-bond acceptors (Lipinski definition) is 15. The zero-order valence-electron chi connectivity index (χ0n) is 74.3. The maximum Gasteiger partial charge on any atom is 0.0536 e. The van der Waals surface area contributed by atoms with Gasteiger partial charge in [0.2, 0.25) is 0 Å². The molecule has 0 aromatic carbocycles. The third kappa shape index (κ3) is 24.4. The lowest BCUT2D eigenvalue weighted by molar-refractivity contribution is 0.670. The Labute approximate surface area is 798 Å². The molecule has 0 bridgehead atoms. The molecule has 15 aromatic heterocycles. The molecule has 0 radical (unpaired) electrons. The van der Waals surface area contributed by atoms with E-state index in [1.165, 1.54) is 386 Å². The highest BCUT2D eigenvalue weighted by molar-refractivity contribution is 7.32. The van der Waals surface area contributed by atoms with Gasteiger partial charge >= 0.3 is 0 Å². The Hall–Kier alpha value is -4.50. The fraction of sp³-hybridized carbons (Fsp3) is 0.444. The molecular weight excluding hydrogens is 1780 g/mol. The molecule has 15 heterocycles. The maximum atomic E-state index is 2.68. The van der Waals surface area contributed by atoms with Gasteiger partial charge in [-0.3, -0.25) is 0 Å². The van der Waals surface area contributed by atoms with Crippen molar-refractivity contribution in [3.05, 3.63) is 184 Å². The third-order valence-electron chi connectivity index (χ3n) is 24.0. The molecular formula is C108H128S15. The van der Waals surface area contributed by atoms with Crippen molar-refractivity contribution >= 4 is 170 Å². The first-order valence-corrected chi connectivity index (χ1v) is 59.6. The predicted octanol–water partition coefficient (Wildman–Crippen LogP) is 42.9. The Kier molecular flexibility index (Phi) is 36.3. The third-order valence-corrected chi connectivity index (χ3v) is 42.4. The summed E-state index contributed by atoms with van der Waals surface area (Å²) in [6.07, 6.45) is 50.3. The Morgan fingerprint density at radius 3 is 0.561 bits per heavy atom. The van der Waals surface area contributed by atoms with Gasteiger partial charge in [0.25, 0.3) is 0 Å². The number of aryl methyl sites for hydroxylation is 8. The van der Waals surface area contributed by atoms with Crippen LogP contribution in [-0.4, -0.2) is 0 Å². The van der Waals surface area contributed by atoms with Crippen LogP contribution in [0.5, 0.6) is 0 Å². The molecule has 0 spiro atoms. The second-order valence-corrected chi connectivity index (χ2v) is 50.5. The van der Waals surface area contributed by atoms with Gasteiger partial charge in [-0.2, -0.15) is 0 Å². The quantitative estimate of drug-likeness (QED) is 0.0333. The first-order valence-electron chi connectivity index (χ1n) is 47.3. The lowest BCUT2D eigenvalue weighted by Crippen LogP contribution is -1.80. The Morgan fingerprint density at radius 1 is 0.146 bits per heavy atom. The summed E-state index contributed by atoms with van der Waals surface area (Å²) in [5.41, 5.74) is 9.73. The van der Waals surface area contributed by atoms with Crippen LogP contribution in [0.4, 0.5) is 0 Å². The minimum Gasteiger partial charge on any atom is -0.142 e. The van der Waals surface area contributed by atoms with Crippen LogP contribution in [-0.2, 0) is 51.4 Å². The fourth-order valence-corrected chi connectivity index (χ4v) is 34.8. The second-order valence-electron chi connectivity index (χ2n) is 33.9. The fourth-order valence-electron chi connectivity index (χ4n) is 16.9. The largest absolute Gasteiger partial charge is 0.142 e. The van der Waals surface area contributed by atoms with Crippen molar-refractivity contribution in [1.82, 2.24) is 0 Å². The molecule has 0 unspecified atom stereocenters. The van der Waals surface area contributed by atoms with E-state index in [1.54, 1.807) is 0 Å². The summed E-state index contributed by atoms with van der Waals surface area (Å²) in [4.78, 5) is 41.6. The topological polar surface area (TPSA) is 0 Å². The number of rotatable bonds is 54. The summed E-state index contributed by atoms with van der Waals surface area (Å²) >= 11 is 30.8. The first kappa shape index (κ1) is 93.2.